The quantitative estimate of drug-likeness (QED) is 0.694. The van der Waals surface area contributed by atoms with Gasteiger partial charge in [-0.2, -0.15) is 0 Å². The molecule has 0 spiro atoms. The third-order valence-corrected chi connectivity index (χ3v) is 3.21. The summed E-state index contributed by atoms with van der Waals surface area (Å²) >= 11 is 0. The van der Waals surface area contributed by atoms with E-state index in [2.05, 4.69) is 44.1 Å². The van der Waals surface area contributed by atoms with E-state index in [0.29, 0.717) is 5.92 Å². The van der Waals surface area contributed by atoms with Gasteiger partial charge in [0.2, 0.25) is 5.88 Å². The number of rotatable bonds is 9. The second kappa shape index (κ2) is 8.96. The van der Waals surface area contributed by atoms with Gasteiger partial charge in [-0.05, 0) is 43.7 Å². The van der Waals surface area contributed by atoms with Crippen molar-refractivity contribution in [3.05, 3.63) is 23.4 Å². The average Bonchev–Trinajstić information content (AvgIpc) is 2.36. The van der Waals surface area contributed by atoms with E-state index in [1.54, 1.807) is 0 Å². The third kappa shape index (κ3) is 6.90. The summed E-state index contributed by atoms with van der Waals surface area (Å²) in [7, 11) is 0. The molecule has 20 heavy (non-hydrogen) atoms. The van der Waals surface area contributed by atoms with Crippen LogP contribution in [-0.2, 0) is 6.54 Å². The van der Waals surface area contributed by atoms with E-state index < -0.39 is 0 Å². The Bertz CT molecular complexity index is 389. The van der Waals surface area contributed by atoms with E-state index in [0.717, 1.165) is 43.6 Å². The maximum Gasteiger partial charge on any atom is 0.213 e. The minimum absolute atomic E-state index is 0.673. The van der Waals surface area contributed by atoms with E-state index in [1.165, 1.54) is 12.0 Å². The van der Waals surface area contributed by atoms with Crippen molar-refractivity contribution < 1.29 is 4.74 Å². The Hall–Kier alpha value is -1.09. The topological polar surface area (TPSA) is 34.1 Å². The van der Waals surface area contributed by atoms with E-state index in [1.807, 2.05) is 13.0 Å². The monoisotopic (exact) mass is 278 g/mol. The first-order valence-corrected chi connectivity index (χ1v) is 7.79. The van der Waals surface area contributed by atoms with Crippen LogP contribution in [0.1, 0.15) is 51.8 Å². The minimum atomic E-state index is 0.673. The van der Waals surface area contributed by atoms with E-state index in [-0.39, 0.29) is 0 Å². The van der Waals surface area contributed by atoms with Gasteiger partial charge in [-0.15, -0.1) is 0 Å². The molecule has 1 heterocycles. The Morgan fingerprint density at radius 3 is 2.50 bits per heavy atom. The Labute approximate surface area is 124 Å². The van der Waals surface area contributed by atoms with Crippen molar-refractivity contribution in [1.29, 1.82) is 0 Å². The second-order valence-electron chi connectivity index (χ2n) is 6.30. The molecule has 1 aromatic heterocycles. The lowest BCUT2D eigenvalue weighted by Crippen LogP contribution is -2.19. The van der Waals surface area contributed by atoms with Crippen LogP contribution in [0.5, 0.6) is 5.88 Å². The Morgan fingerprint density at radius 2 is 1.90 bits per heavy atom. The number of nitrogens with one attached hydrogen (secondary N) is 1. The molecule has 0 amide bonds. The van der Waals surface area contributed by atoms with Crippen molar-refractivity contribution in [2.24, 2.45) is 11.8 Å². The molecule has 0 aliphatic rings. The van der Waals surface area contributed by atoms with Gasteiger partial charge in [-0.3, -0.25) is 0 Å². The van der Waals surface area contributed by atoms with Crippen molar-refractivity contribution in [1.82, 2.24) is 10.3 Å². The molecule has 0 saturated carbocycles. The molecule has 0 atom stereocenters. The largest absolute Gasteiger partial charge is 0.478 e. The highest BCUT2D eigenvalue weighted by Gasteiger charge is 2.03. The van der Waals surface area contributed by atoms with Crippen molar-refractivity contribution in [2.75, 3.05) is 13.2 Å². The van der Waals surface area contributed by atoms with Gasteiger partial charge in [0.15, 0.2) is 0 Å². The number of aromatic nitrogens is 1. The van der Waals surface area contributed by atoms with Crippen molar-refractivity contribution in [3.63, 3.8) is 0 Å². The molecule has 3 nitrogen and oxygen atoms in total. The SMILES string of the molecule is Cc1nc(OCCCC(C)C)ccc1CNCC(C)C. The number of hydrogen-bond donors (Lipinski definition) is 1. The minimum Gasteiger partial charge on any atom is -0.478 e. The number of aryl methyl sites for hydroxylation is 1. The van der Waals surface area contributed by atoms with Gasteiger partial charge in [0, 0.05) is 18.3 Å². The molecule has 114 valence electrons. The summed E-state index contributed by atoms with van der Waals surface area (Å²) in [5.74, 6) is 2.16. The van der Waals surface area contributed by atoms with E-state index in [4.69, 9.17) is 4.74 Å². The summed E-state index contributed by atoms with van der Waals surface area (Å²) in [6.45, 7) is 13.6. The second-order valence-corrected chi connectivity index (χ2v) is 6.30. The zero-order chi connectivity index (χ0) is 15.0. The molecule has 0 fully saturated rings. The van der Waals surface area contributed by atoms with Crippen LogP contribution in [-0.4, -0.2) is 18.1 Å². The van der Waals surface area contributed by atoms with Crippen LogP contribution >= 0.6 is 0 Å². The molecular weight excluding hydrogens is 248 g/mol. The molecule has 1 N–H and O–H groups in total. The lowest BCUT2D eigenvalue weighted by molar-refractivity contribution is 0.286. The first-order valence-electron chi connectivity index (χ1n) is 7.79. The molecule has 0 radical (unpaired) electrons. The van der Waals surface area contributed by atoms with Gasteiger partial charge in [0.1, 0.15) is 0 Å². The van der Waals surface area contributed by atoms with Crippen molar-refractivity contribution in [3.8, 4) is 5.88 Å². The first kappa shape index (κ1) is 17.0. The normalized spacial score (nSPS) is 11.3. The standard InChI is InChI=1S/C17H30N2O/c1-13(2)7-6-10-20-17-9-8-16(15(5)19-17)12-18-11-14(3)4/h8-9,13-14,18H,6-7,10-12H2,1-5H3. The van der Waals surface area contributed by atoms with Crippen LogP contribution in [0, 0.1) is 18.8 Å². The molecule has 3 heteroatoms. The van der Waals surface area contributed by atoms with E-state index >= 15 is 0 Å². The summed E-state index contributed by atoms with van der Waals surface area (Å²) in [6.07, 6.45) is 2.30. The fraction of sp³-hybridized carbons (Fsp3) is 0.706. The van der Waals surface area contributed by atoms with E-state index in [9.17, 15) is 0 Å². The van der Waals surface area contributed by atoms with Crippen LogP contribution < -0.4 is 10.1 Å². The average molecular weight is 278 g/mol. The smallest absolute Gasteiger partial charge is 0.213 e. The predicted octanol–water partition coefficient (Wildman–Crippen LogP) is 3.95. The van der Waals surface area contributed by atoms with Crippen LogP contribution in [0.4, 0.5) is 0 Å². The Balaban J connectivity index is 2.38. The molecule has 0 aliphatic carbocycles. The lowest BCUT2D eigenvalue weighted by atomic mass is 10.1. The van der Waals surface area contributed by atoms with Crippen molar-refractivity contribution >= 4 is 0 Å². The van der Waals surface area contributed by atoms with Crippen LogP contribution in [0.2, 0.25) is 0 Å². The molecule has 0 aromatic carbocycles. The van der Waals surface area contributed by atoms with Gasteiger partial charge in [-0.25, -0.2) is 4.98 Å². The summed E-state index contributed by atoms with van der Waals surface area (Å²) in [4.78, 5) is 4.53. The highest BCUT2D eigenvalue weighted by atomic mass is 16.5. The number of hydrogen-bond acceptors (Lipinski definition) is 3. The van der Waals surface area contributed by atoms with Gasteiger partial charge >= 0.3 is 0 Å². The molecular formula is C17H30N2O. The fourth-order valence-corrected chi connectivity index (χ4v) is 2.00. The van der Waals surface area contributed by atoms with Crippen LogP contribution in [0.25, 0.3) is 0 Å². The summed E-state index contributed by atoms with van der Waals surface area (Å²) in [5.41, 5.74) is 2.31. The number of pyridine rings is 1. The van der Waals surface area contributed by atoms with Gasteiger partial charge in [0.05, 0.1) is 6.61 Å². The summed E-state index contributed by atoms with van der Waals surface area (Å²) in [5, 5.41) is 3.45. The maximum atomic E-state index is 5.70. The van der Waals surface area contributed by atoms with Crippen LogP contribution in [0.3, 0.4) is 0 Å². The highest BCUT2D eigenvalue weighted by molar-refractivity contribution is 5.24. The number of nitrogens with zero attached hydrogens (tertiary/aromatic N) is 1. The molecule has 1 aromatic rings. The molecule has 1 rings (SSSR count). The highest BCUT2D eigenvalue weighted by Crippen LogP contribution is 2.13. The maximum absolute atomic E-state index is 5.70. The summed E-state index contributed by atoms with van der Waals surface area (Å²) < 4.78 is 5.70. The van der Waals surface area contributed by atoms with Crippen LogP contribution in [0.15, 0.2) is 12.1 Å². The Kier molecular flexibility index (Phi) is 7.60. The fourth-order valence-electron chi connectivity index (χ4n) is 2.00. The molecule has 0 bridgehead atoms. The predicted molar refractivity (Wildman–Crippen MR) is 85.1 cm³/mol. The van der Waals surface area contributed by atoms with Gasteiger partial charge < -0.3 is 10.1 Å². The molecule has 0 unspecified atom stereocenters. The molecule has 0 saturated heterocycles. The summed E-state index contributed by atoms with van der Waals surface area (Å²) in [6, 6.07) is 4.10. The first-order chi connectivity index (χ1) is 9.49. The zero-order valence-corrected chi connectivity index (χ0v) is 13.7. The number of ether oxygens (including phenoxy) is 1. The van der Waals surface area contributed by atoms with Gasteiger partial charge in [-0.1, -0.05) is 33.8 Å². The third-order valence-electron chi connectivity index (χ3n) is 3.21. The molecule has 0 aliphatic heterocycles. The lowest BCUT2D eigenvalue weighted by Gasteiger charge is -2.11. The zero-order valence-electron chi connectivity index (χ0n) is 13.7. The van der Waals surface area contributed by atoms with Crippen molar-refractivity contribution in [2.45, 2.75) is 54.0 Å². The Morgan fingerprint density at radius 1 is 1.15 bits per heavy atom. The van der Waals surface area contributed by atoms with Gasteiger partial charge in [0.25, 0.3) is 0 Å².